The molecule has 172 valence electrons. The van der Waals surface area contributed by atoms with Crippen molar-refractivity contribution in [1.82, 2.24) is 0 Å². The molecule has 0 aliphatic heterocycles. The number of hydrogen-bond donors (Lipinski definition) is 2. The number of thiophene rings is 1. The van der Waals surface area contributed by atoms with Gasteiger partial charge in [0.1, 0.15) is 5.58 Å². The van der Waals surface area contributed by atoms with Gasteiger partial charge in [-0.3, -0.25) is 9.35 Å². The average molecular weight is 480 g/mol. The molecule has 2 N–H and O–H groups in total. The SMILES string of the molecule is O=C(O)CCCCCN(CCCS(=O)(=O)O)c1ccc2cc(-c3cccs3)c(=O)oc2c1. The number of fused-ring (bicyclic) bond motifs is 1. The number of carboxylic acids is 1. The fourth-order valence-corrected chi connectivity index (χ4v) is 4.69. The van der Waals surface area contributed by atoms with Gasteiger partial charge in [-0.25, -0.2) is 4.79 Å². The van der Waals surface area contributed by atoms with Crippen LogP contribution >= 0.6 is 11.3 Å². The summed E-state index contributed by atoms with van der Waals surface area (Å²) >= 11 is 1.46. The maximum atomic E-state index is 12.5. The molecular weight excluding hydrogens is 454 g/mol. The molecule has 10 heteroatoms. The van der Waals surface area contributed by atoms with Crippen LogP contribution in [0, 0.1) is 0 Å². The van der Waals surface area contributed by atoms with Crippen LogP contribution in [0.4, 0.5) is 5.69 Å². The first kappa shape index (κ1) is 24.0. The highest BCUT2D eigenvalue weighted by molar-refractivity contribution is 7.85. The van der Waals surface area contributed by atoms with Crippen LogP contribution in [0.5, 0.6) is 0 Å². The van der Waals surface area contributed by atoms with Gasteiger partial charge in [-0.15, -0.1) is 11.3 Å². The molecule has 2 aromatic heterocycles. The van der Waals surface area contributed by atoms with Crippen LogP contribution in [0.1, 0.15) is 32.1 Å². The zero-order valence-electron chi connectivity index (χ0n) is 17.4. The van der Waals surface area contributed by atoms with E-state index in [1.807, 2.05) is 34.5 Å². The maximum absolute atomic E-state index is 12.5. The third-order valence-corrected chi connectivity index (χ3v) is 6.73. The Morgan fingerprint density at radius 1 is 1.06 bits per heavy atom. The smallest absolute Gasteiger partial charge is 0.345 e. The van der Waals surface area contributed by atoms with Gasteiger partial charge in [0.2, 0.25) is 0 Å². The summed E-state index contributed by atoms with van der Waals surface area (Å²) in [5, 5.41) is 11.4. The lowest BCUT2D eigenvalue weighted by molar-refractivity contribution is -0.137. The quantitative estimate of drug-likeness (QED) is 0.224. The molecule has 0 atom stereocenters. The largest absolute Gasteiger partial charge is 0.481 e. The number of aliphatic carboxylic acids is 1. The molecule has 0 unspecified atom stereocenters. The Morgan fingerprint density at radius 2 is 1.84 bits per heavy atom. The van der Waals surface area contributed by atoms with Crippen LogP contribution in [0.25, 0.3) is 21.4 Å². The van der Waals surface area contributed by atoms with Gasteiger partial charge in [-0.2, -0.15) is 8.42 Å². The Labute approximate surface area is 189 Å². The second-order valence-electron chi connectivity index (χ2n) is 7.48. The summed E-state index contributed by atoms with van der Waals surface area (Å²) in [7, 11) is -4.06. The van der Waals surface area contributed by atoms with E-state index in [1.165, 1.54) is 11.3 Å². The van der Waals surface area contributed by atoms with E-state index >= 15 is 0 Å². The summed E-state index contributed by atoms with van der Waals surface area (Å²) in [6.45, 7) is 0.954. The Bertz CT molecular complexity index is 1220. The van der Waals surface area contributed by atoms with Crippen LogP contribution in [-0.2, 0) is 14.9 Å². The lowest BCUT2D eigenvalue weighted by Gasteiger charge is -2.25. The van der Waals surface area contributed by atoms with E-state index in [-0.39, 0.29) is 18.6 Å². The zero-order valence-corrected chi connectivity index (χ0v) is 19.0. The summed E-state index contributed by atoms with van der Waals surface area (Å²) in [6.07, 6.45) is 2.34. The van der Waals surface area contributed by atoms with Gasteiger partial charge in [0, 0.05) is 41.5 Å². The van der Waals surface area contributed by atoms with Gasteiger partial charge in [0.15, 0.2) is 0 Å². The Morgan fingerprint density at radius 3 is 2.53 bits per heavy atom. The number of anilines is 1. The highest BCUT2D eigenvalue weighted by atomic mass is 32.2. The second-order valence-corrected chi connectivity index (χ2v) is 10.00. The normalized spacial score (nSPS) is 11.7. The molecule has 0 amide bonds. The monoisotopic (exact) mass is 479 g/mol. The van der Waals surface area contributed by atoms with Crippen molar-refractivity contribution in [2.45, 2.75) is 32.1 Å². The number of carbonyl (C=O) groups is 1. The molecule has 0 spiro atoms. The molecule has 0 bridgehead atoms. The summed E-state index contributed by atoms with van der Waals surface area (Å²) < 4.78 is 36.8. The molecule has 2 heterocycles. The van der Waals surface area contributed by atoms with Crippen molar-refractivity contribution >= 4 is 44.1 Å². The van der Waals surface area contributed by atoms with Crippen molar-refractivity contribution in [1.29, 1.82) is 0 Å². The van der Waals surface area contributed by atoms with Crippen molar-refractivity contribution in [3.05, 3.63) is 52.2 Å². The molecule has 0 radical (unpaired) electrons. The lowest BCUT2D eigenvalue weighted by atomic mass is 10.1. The summed E-state index contributed by atoms with van der Waals surface area (Å²) in [5.74, 6) is -1.18. The first-order valence-corrected chi connectivity index (χ1v) is 12.8. The van der Waals surface area contributed by atoms with Crippen molar-refractivity contribution < 1.29 is 27.3 Å². The summed E-state index contributed by atoms with van der Waals surface area (Å²) in [5.41, 5.74) is 1.27. The molecule has 3 aromatic rings. The van der Waals surface area contributed by atoms with Crippen molar-refractivity contribution in [2.75, 3.05) is 23.7 Å². The molecule has 8 nitrogen and oxygen atoms in total. The van der Waals surface area contributed by atoms with Crippen LogP contribution in [0.3, 0.4) is 0 Å². The molecule has 0 aliphatic rings. The van der Waals surface area contributed by atoms with Gasteiger partial charge in [0.05, 0.1) is 11.3 Å². The third-order valence-electron chi connectivity index (χ3n) is 5.02. The minimum atomic E-state index is -4.06. The predicted molar refractivity (Wildman–Crippen MR) is 125 cm³/mol. The van der Waals surface area contributed by atoms with Gasteiger partial charge >= 0.3 is 11.6 Å². The van der Waals surface area contributed by atoms with Crippen LogP contribution in [0.15, 0.2) is 51.0 Å². The standard InChI is InChI=1S/C22H25NO7S2/c24-21(25)7-2-1-3-10-23(11-5-13-32(27,28)29)17-9-8-16-14-18(20-6-4-12-31-20)22(26)30-19(16)15-17/h4,6,8-9,12,14-15H,1-3,5,7,10-11,13H2,(H,24,25)(H,27,28,29). The van der Waals surface area contributed by atoms with E-state index in [2.05, 4.69) is 0 Å². The summed E-state index contributed by atoms with van der Waals surface area (Å²) in [4.78, 5) is 25.9. The minimum absolute atomic E-state index is 0.108. The van der Waals surface area contributed by atoms with Crippen LogP contribution in [-0.4, -0.2) is 42.9 Å². The van der Waals surface area contributed by atoms with Gasteiger partial charge in [-0.1, -0.05) is 12.5 Å². The maximum Gasteiger partial charge on any atom is 0.345 e. The lowest BCUT2D eigenvalue weighted by Crippen LogP contribution is -2.27. The number of rotatable bonds is 12. The van der Waals surface area contributed by atoms with Gasteiger partial charge in [-0.05, 0) is 48.9 Å². The first-order valence-electron chi connectivity index (χ1n) is 10.3. The van der Waals surface area contributed by atoms with E-state index in [9.17, 15) is 18.0 Å². The zero-order chi connectivity index (χ0) is 23.1. The number of hydrogen-bond acceptors (Lipinski definition) is 7. The fourth-order valence-electron chi connectivity index (χ4n) is 3.46. The molecule has 0 saturated heterocycles. The molecule has 3 rings (SSSR count). The van der Waals surface area contributed by atoms with E-state index in [1.54, 1.807) is 12.1 Å². The third kappa shape index (κ3) is 6.91. The number of nitrogens with zero attached hydrogens (tertiary/aromatic N) is 1. The van der Waals surface area contributed by atoms with Gasteiger partial charge < -0.3 is 14.4 Å². The Balaban J connectivity index is 1.79. The molecule has 0 saturated carbocycles. The molecule has 32 heavy (non-hydrogen) atoms. The van der Waals surface area contributed by atoms with Crippen molar-refractivity contribution in [3.63, 3.8) is 0 Å². The second kappa shape index (κ2) is 10.8. The van der Waals surface area contributed by atoms with Crippen molar-refractivity contribution in [2.24, 2.45) is 0 Å². The van der Waals surface area contributed by atoms with Crippen molar-refractivity contribution in [3.8, 4) is 10.4 Å². The van der Waals surface area contributed by atoms with E-state index < -0.39 is 21.7 Å². The highest BCUT2D eigenvalue weighted by Crippen LogP contribution is 2.27. The first-order chi connectivity index (χ1) is 15.2. The van der Waals surface area contributed by atoms with E-state index in [0.29, 0.717) is 37.1 Å². The minimum Gasteiger partial charge on any atom is -0.481 e. The molecule has 1 aromatic carbocycles. The number of carboxylic acid groups (broad SMARTS) is 1. The highest BCUT2D eigenvalue weighted by Gasteiger charge is 2.13. The van der Waals surface area contributed by atoms with Crippen LogP contribution < -0.4 is 10.5 Å². The molecule has 0 fully saturated rings. The van der Waals surface area contributed by atoms with Gasteiger partial charge in [0.25, 0.3) is 10.1 Å². The predicted octanol–water partition coefficient (Wildman–Crippen LogP) is 4.25. The van der Waals surface area contributed by atoms with E-state index in [4.69, 9.17) is 14.1 Å². The number of benzene rings is 1. The fraction of sp³-hybridized carbons (Fsp3) is 0.364. The van der Waals surface area contributed by atoms with E-state index in [0.717, 1.165) is 22.4 Å². The average Bonchev–Trinajstić information content (AvgIpc) is 3.25. The molecule has 0 aliphatic carbocycles. The Kier molecular flexibility index (Phi) is 8.05. The molecular formula is C22H25NO7S2. The van der Waals surface area contributed by atoms with Crippen LogP contribution in [0.2, 0.25) is 0 Å². The Hall–Kier alpha value is -2.69. The topological polar surface area (TPSA) is 125 Å². The number of unbranched alkanes of at least 4 members (excludes halogenated alkanes) is 2. The summed E-state index contributed by atoms with van der Waals surface area (Å²) in [6, 6.07) is 11.0.